The van der Waals surface area contributed by atoms with Crippen LogP contribution in [0.4, 0.5) is 0 Å². The monoisotopic (exact) mass is 273 g/mol. The first kappa shape index (κ1) is 14.6. The van der Waals surface area contributed by atoms with Crippen LogP contribution in [0.1, 0.15) is 36.2 Å². The third-order valence-electron chi connectivity index (χ3n) is 3.45. The van der Waals surface area contributed by atoms with Gasteiger partial charge in [0.05, 0.1) is 19.3 Å². The summed E-state index contributed by atoms with van der Waals surface area (Å²) >= 11 is 0. The van der Waals surface area contributed by atoms with Crippen LogP contribution in [-0.2, 0) is 7.05 Å². The third-order valence-corrected chi connectivity index (χ3v) is 3.45. The number of nitrogens with one attached hydrogen (secondary N) is 1. The van der Waals surface area contributed by atoms with Crippen molar-refractivity contribution in [2.24, 2.45) is 7.05 Å². The molecule has 0 spiro atoms. The maximum absolute atomic E-state index is 5.45. The molecular weight excluding hydrogens is 250 g/mol. The fourth-order valence-electron chi connectivity index (χ4n) is 2.33. The van der Waals surface area contributed by atoms with Crippen LogP contribution < -0.4 is 10.1 Å². The molecule has 0 fully saturated rings. The van der Waals surface area contributed by atoms with Crippen LogP contribution in [0.5, 0.6) is 5.75 Å². The summed E-state index contributed by atoms with van der Waals surface area (Å²) < 4.78 is 7.33. The first-order valence-electron chi connectivity index (χ1n) is 7.03. The zero-order chi connectivity index (χ0) is 14.5. The second-order valence-electron chi connectivity index (χ2n) is 5.02. The van der Waals surface area contributed by atoms with Crippen molar-refractivity contribution in [2.75, 3.05) is 13.7 Å². The van der Waals surface area contributed by atoms with Gasteiger partial charge in [0, 0.05) is 7.05 Å². The summed E-state index contributed by atoms with van der Waals surface area (Å²) in [5.41, 5.74) is 3.55. The van der Waals surface area contributed by atoms with Gasteiger partial charge in [-0.05, 0) is 25.5 Å². The number of benzene rings is 1. The zero-order valence-corrected chi connectivity index (χ0v) is 12.7. The summed E-state index contributed by atoms with van der Waals surface area (Å²) in [5, 5.41) is 7.89. The van der Waals surface area contributed by atoms with Crippen LogP contribution in [-0.4, -0.2) is 23.4 Å². The predicted molar refractivity (Wildman–Crippen MR) is 81.1 cm³/mol. The van der Waals surface area contributed by atoms with Crippen LogP contribution in [0.3, 0.4) is 0 Å². The molecule has 4 heteroatoms. The first-order valence-corrected chi connectivity index (χ1v) is 7.03. The van der Waals surface area contributed by atoms with Crippen molar-refractivity contribution in [1.29, 1.82) is 0 Å². The van der Waals surface area contributed by atoms with Crippen molar-refractivity contribution in [3.8, 4) is 5.75 Å². The summed E-state index contributed by atoms with van der Waals surface area (Å²) in [5.74, 6) is 0.821. The number of ether oxygens (including phenoxy) is 1. The maximum atomic E-state index is 5.45. The first-order chi connectivity index (χ1) is 9.67. The van der Waals surface area contributed by atoms with Crippen molar-refractivity contribution in [1.82, 2.24) is 15.1 Å². The van der Waals surface area contributed by atoms with Gasteiger partial charge in [-0.25, -0.2) is 0 Å². The lowest BCUT2D eigenvalue weighted by atomic mass is 10.0. The minimum Gasteiger partial charge on any atom is -0.493 e. The van der Waals surface area contributed by atoms with E-state index in [1.807, 2.05) is 11.7 Å². The Morgan fingerprint density at radius 3 is 2.60 bits per heavy atom. The second kappa shape index (κ2) is 6.57. The molecule has 0 radical (unpaired) electrons. The SMILES string of the molecule is CCCNC(c1ccc(C)cc1)c1c(OC)cnn1C. The molecule has 2 aromatic rings. The molecule has 108 valence electrons. The fourth-order valence-corrected chi connectivity index (χ4v) is 2.33. The molecule has 0 saturated heterocycles. The van der Waals surface area contributed by atoms with E-state index in [0.29, 0.717) is 0 Å². The van der Waals surface area contributed by atoms with Crippen molar-refractivity contribution >= 4 is 0 Å². The Bertz CT molecular complexity index is 545. The highest BCUT2D eigenvalue weighted by Crippen LogP contribution is 2.29. The molecule has 0 aliphatic carbocycles. The Labute approximate surface area is 120 Å². The van der Waals surface area contributed by atoms with Gasteiger partial charge in [0.15, 0.2) is 5.75 Å². The average Bonchev–Trinajstić information content (AvgIpc) is 2.82. The lowest BCUT2D eigenvalue weighted by Gasteiger charge is -2.20. The normalized spacial score (nSPS) is 12.4. The Morgan fingerprint density at radius 2 is 2.00 bits per heavy atom. The highest BCUT2D eigenvalue weighted by Gasteiger charge is 2.21. The van der Waals surface area contributed by atoms with Gasteiger partial charge in [-0.15, -0.1) is 0 Å². The largest absolute Gasteiger partial charge is 0.493 e. The summed E-state index contributed by atoms with van der Waals surface area (Å²) in [6.07, 6.45) is 2.85. The number of methoxy groups -OCH3 is 1. The number of hydrogen-bond donors (Lipinski definition) is 1. The highest BCUT2D eigenvalue weighted by molar-refractivity contribution is 5.37. The van der Waals surface area contributed by atoms with Crippen LogP contribution in [0.15, 0.2) is 30.5 Å². The van der Waals surface area contributed by atoms with Crippen molar-refractivity contribution in [2.45, 2.75) is 26.3 Å². The molecule has 2 rings (SSSR count). The van der Waals surface area contributed by atoms with Gasteiger partial charge >= 0.3 is 0 Å². The average molecular weight is 273 g/mol. The molecule has 0 bridgehead atoms. The Kier molecular flexibility index (Phi) is 4.79. The fraction of sp³-hybridized carbons (Fsp3) is 0.438. The number of aryl methyl sites for hydroxylation is 2. The molecule has 0 amide bonds. The van der Waals surface area contributed by atoms with E-state index in [1.54, 1.807) is 13.3 Å². The third kappa shape index (κ3) is 3.02. The number of hydrogen-bond acceptors (Lipinski definition) is 3. The van der Waals surface area contributed by atoms with E-state index in [1.165, 1.54) is 11.1 Å². The number of aromatic nitrogens is 2. The number of nitrogens with zero attached hydrogens (tertiary/aromatic N) is 2. The smallest absolute Gasteiger partial charge is 0.161 e. The standard InChI is InChI=1S/C16H23N3O/c1-5-10-17-15(13-8-6-12(2)7-9-13)16-14(20-4)11-18-19(16)3/h6-9,11,15,17H,5,10H2,1-4H3. The molecule has 1 N–H and O–H groups in total. The van der Waals surface area contributed by atoms with E-state index < -0.39 is 0 Å². The topological polar surface area (TPSA) is 39.1 Å². The lowest BCUT2D eigenvalue weighted by molar-refractivity contribution is 0.400. The summed E-state index contributed by atoms with van der Waals surface area (Å²) in [6, 6.07) is 8.69. The predicted octanol–water partition coefficient (Wildman–Crippen LogP) is 2.83. The van der Waals surface area contributed by atoms with Gasteiger partial charge in [0.2, 0.25) is 0 Å². The zero-order valence-electron chi connectivity index (χ0n) is 12.7. The Morgan fingerprint density at radius 1 is 1.30 bits per heavy atom. The van der Waals surface area contributed by atoms with Crippen LogP contribution in [0.25, 0.3) is 0 Å². The summed E-state index contributed by atoms with van der Waals surface area (Å²) in [6.45, 7) is 5.22. The molecule has 0 saturated carbocycles. The van der Waals surface area contributed by atoms with Crippen LogP contribution in [0.2, 0.25) is 0 Å². The molecular formula is C16H23N3O. The quantitative estimate of drug-likeness (QED) is 0.879. The molecule has 0 aliphatic rings. The molecule has 1 atom stereocenters. The minimum atomic E-state index is 0.0954. The lowest BCUT2D eigenvalue weighted by Crippen LogP contribution is -2.25. The van der Waals surface area contributed by atoms with E-state index in [-0.39, 0.29) is 6.04 Å². The maximum Gasteiger partial charge on any atom is 0.161 e. The summed E-state index contributed by atoms with van der Waals surface area (Å²) in [7, 11) is 3.64. The molecule has 20 heavy (non-hydrogen) atoms. The molecule has 1 aromatic carbocycles. The van der Waals surface area contributed by atoms with Crippen molar-refractivity contribution < 1.29 is 4.74 Å². The van der Waals surface area contributed by atoms with Gasteiger partial charge in [0.1, 0.15) is 5.69 Å². The molecule has 4 nitrogen and oxygen atoms in total. The molecule has 1 aromatic heterocycles. The number of rotatable bonds is 6. The Balaban J connectivity index is 2.41. The second-order valence-corrected chi connectivity index (χ2v) is 5.02. The van der Waals surface area contributed by atoms with E-state index in [9.17, 15) is 0 Å². The molecule has 1 heterocycles. The summed E-state index contributed by atoms with van der Waals surface area (Å²) in [4.78, 5) is 0. The van der Waals surface area contributed by atoms with E-state index in [0.717, 1.165) is 24.4 Å². The van der Waals surface area contributed by atoms with E-state index in [2.05, 4.69) is 48.5 Å². The minimum absolute atomic E-state index is 0.0954. The van der Waals surface area contributed by atoms with Crippen molar-refractivity contribution in [3.05, 3.63) is 47.3 Å². The van der Waals surface area contributed by atoms with Gasteiger partial charge in [-0.3, -0.25) is 4.68 Å². The molecule has 1 unspecified atom stereocenters. The molecule has 0 aliphatic heterocycles. The van der Waals surface area contributed by atoms with Crippen LogP contribution >= 0.6 is 0 Å². The van der Waals surface area contributed by atoms with Crippen LogP contribution in [0, 0.1) is 6.92 Å². The van der Waals surface area contributed by atoms with E-state index >= 15 is 0 Å². The van der Waals surface area contributed by atoms with E-state index in [4.69, 9.17) is 4.74 Å². The van der Waals surface area contributed by atoms with Gasteiger partial charge in [-0.2, -0.15) is 5.10 Å². The van der Waals surface area contributed by atoms with Gasteiger partial charge < -0.3 is 10.1 Å². The highest BCUT2D eigenvalue weighted by atomic mass is 16.5. The van der Waals surface area contributed by atoms with Gasteiger partial charge in [0.25, 0.3) is 0 Å². The van der Waals surface area contributed by atoms with Gasteiger partial charge in [-0.1, -0.05) is 36.8 Å². The Hall–Kier alpha value is -1.81. The van der Waals surface area contributed by atoms with Crippen molar-refractivity contribution in [3.63, 3.8) is 0 Å².